The van der Waals surface area contributed by atoms with Gasteiger partial charge in [-0.3, -0.25) is 4.79 Å². The van der Waals surface area contributed by atoms with Crippen molar-refractivity contribution >= 4 is 34.0 Å². The third-order valence-corrected chi connectivity index (χ3v) is 4.92. The van der Waals surface area contributed by atoms with Crippen LogP contribution in [0.25, 0.3) is 0 Å². The zero-order chi connectivity index (χ0) is 24.3. The molecule has 7 nitrogen and oxygen atoms in total. The van der Waals surface area contributed by atoms with Crippen molar-refractivity contribution in [2.45, 2.75) is 6.92 Å². The highest BCUT2D eigenvalue weighted by Crippen LogP contribution is 2.23. The fraction of sp³-hybridized carbons (Fsp3) is 0.115. The smallest absolute Gasteiger partial charge is 0.343 e. The summed E-state index contributed by atoms with van der Waals surface area (Å²) in [6, 6.07) is 18.4. The molecule has 34 heavy (non-hydrogen) atoms. The average Bonchev–Trinajstić information content (AvgIpc) is 2.85. The molecule has 0 fully saturated rings. The minimum Gasteiger partial charge on any atom is -0.494 e. The molecule has 0 radical (unpaired) electrons. The second-order valence-electron chi connectivity index (χ2n) is 6.85. The summed E-state index contributed by atoms with van der Waals surface area (Å²) in [5, 5.41) is 4.01. The third-order valence-electron chi connectivity index (χ3n) is 4.43. The van der Waals surface area contributed by atoms with E-state index in [2.05, 4.69) is 33.0 Å². The molecule has 3 rings (SSSR count). The first-order valence-electron chi connectivity index (χ1n) is 10.4. The Hall–Kier alpha value is -3.91. The van der Waals surface area contributed by atoms with Crippen molar-refractivity contribution in [3.05, 3.63) is 101 Å². The van der Waals surface area contributed by atoms with Gasteiger partial charge in [-0.15, -0.1) is 0 Å². The molecule has 0 aromatic heterocycles. The summed E-state index contributed by atoms with van der Waals surface area (Å²) >= 11 is 3.39. The molecule has 0 bridgehead atoms. The van der Waals surface area contributed by atoms with E-state index in [1.54, 1.807) is 72.8 Å². The van der Waals surface area contributed by atoms with E-state index in [-0.39, 0.29) is 0 Å². The van der Waals surface area contributed by atoms with Crippen LogP contribution in [0.2, 0.25) is 0 Å². The number of rotatable bonds is 10. The molecule has 0 unspecified atom stereocenters. The van der Waals surface area contributed by atoms with E-state index in [1.165, 1.54) is 6.21 Å². The Morgan fingerprint density at radius 2 is 1.62 bits per heavy atom. The van der Waals surface area contributed by atoms with Crippen molar-refractivity contribution in [1.29, 1.82) is 0 Å². The molecule has 0 atom stereocenters. The number of amides is 1. The summed E-state index contributed by atoms with van der Waals surface area (Å²) in [4.78, 5) is 24.9. The Morgan fingerprint density at radius 1 is 0.971 bits per heavy atom. The van der Waals surface area contributed by atoms with E-state index < -0.39 is 11.9 Å². The van der Waals surface area contributed by atoms with Crippen molar-refractivity contribution in [2.24, 2.45) is 5.10 Å². The summed E-state index contributed by atoms with van der Waals surface area (Å²) in [6.07, 6.45) is 3.05. The van der Waals surface area contributed by atoms with Gasteiger partial charge in [-0.25, -0.2) is 10.2 Å². The summed E-state index contributed by atoms with van der Waals surface area (Å²) < 4.78 is 17.1. The lowest BCUT2D eigenvalue weighted by atomic mass is 10.2. The normalized spacial score (nSPS) is 10.5. The molecule has 0 saturated heterocycles. The molecule has 1 amide bonds. The van der Waals surface area contributed by atoms with Crippen LogP contribution in [-0.4, -0.2) is 31.3 Å². The number of carbonyl (C=O) groups is 2. The minimum absolute atomic E-state index is 0.295. The van der Waals surface area contributed by atoms with Crippen molar-refractivity contribution in [1.82, 2.24) is 5.43 Å². The number of carbonyl (C=O) groups excluding carboxylic acids is 2. The summed E-state index contributed by atoms with van der Waals surface area (Å²) in [5.41, 5.74) is 3.76. The van der Waals surface area contributed by atoms with Crippen LogP contribution in [0.3, 0.4) is 0 Å². The molecule has 0 aliphatic rings. The number of nitrogens with zero attached hydrogens (tertiary/aromatic N) is 1. The second-order valence-corrected chi connectivity index (χ2v) is 7.77. The van der Waals surface area contributed by atoms with Gasteiger partial charge in [-0.1, -0.05) is 28.6 Å². The highest BCUT2D eigenvalue weighted by molar-refractivity contribution is 9.10. The molecule has 0 aliphatic carbocycles. The Bertz CT molecular complexity index is 1170. The Labute approximate surface area is 206 Å². The maximum absolute atomic E-state index is 12.6. The number of nitrogens with one attached hydrogen (secondary N) is 1. The molecule has 0 saturated carbocycles. The van der Waals surface area contributed by atoms with E-state index >= 15 is 0 Å². The van der Waals surface area contributed by atoms with Crippen LogP contribution >= 0.6 is 15.9 Å². The van der Waals surface area contributed by atoms with Gasteiger partial charge in [0, 0.05) is 15.6 Å². The summed E-state index contributed by atoms with van der Waals surface area (Å²) in [6.45, 7) is 6.40. The predicted molar refractivity (Wildman–Crippen MR) is 134 cm³/mol. The van der Waals surface area contributed by atoms with Gasteiger partial charge in [0.15, 0.2) is 0 Å². The number of esters is 1. The van der Waals surface area contributed by atoms with Crippen molar-refractivity contribution in [3.63, 3.8) is 0 Å². The molecule has 0 heterocycles. The van der Waals surface area contributed by atoms with E-state index in [4.69, 9.17) is 14.2 Å². The number of halogens is 1. The highest BCUT2D eigenvalue weighted by Gasteiger charge is 2.12. The quantitative estimate of drug-likeness (QED) is 0.127. The number of benzene rings is 3. The molecule has 3 aromatic rings. The van der Waals surface area contributed by atoms with Crippen LogP contribution in [0.15, 0.2) is 89.0 Å². The predicted octanol–water partition coefficient (Wildman–Crippen LogP) is 5.40. The van der Waals surface area contributed by atoms with E-state index in [9.17, 15) is 9.59 Å². The third kappa shape index (κ3) is 7.05. The Kier molecular flexibility index (Phi) is 8.99. The van der Waals surface area contributed by atoms with Gasteiger partial charge in [-0.05, 0) is 73.7 Å². The lowest BCUT2D eigenvalue weighted by Crippen LogP contribution is -2.17. The maximum Gasteiger partial charge on any atom is 0.343 e. The fourth-order valence-corrected chi connectivity index (χ4v) is 3.19. The Morgan fingerprint density at radius 3 is 2.26 bits per heavy atom. The molecule has 3 aromatic carbocycles. The van der Waals surface area contributed by atoms with Crippen molar-refractivity contribution in [3.8, 4) is 17.2 Å². The van der Waals surface area contributed by atoms with Crippen LogP contribution in [0.5, 0.6) is 17.2 Å². The van der Waals surface area contributed by atoms with E-state index in [1.807, 2.05) is 6.92 Å². The van der Waals surface area contributed by atoms with Gasteiger partial charge in [-0.2, -0.15) is 5.10 Å². The van der Waals surface area contributed by atoms with Gasteiger partial charge in [0.1, 0.15) is 23.9 Å². The maximum atomic E-state index is 12.6. The molecule has 1 N–H and O–H groups in total. The van der Waals surface area contributed by atoms with Gasteiger partial charge in [0.05, 0.1) is 18.4 Å². The van der Waals surface area contributed by atoms with Crippen LogP contribution < -0.4 is 19.6 Å². The Balaban J connectivity index is 1.66. The monoisotopic (exact) mass is 522 g/mol. The average molecular weight is 523 g/mol. The number of hydrogen-bond donors (Lipinski definition) is 1. The zero-order valence-electron chi connectivity index (χ0n) is 18.5. The van der Waals surface area contributed by atoms with Crippen LogP contribution in [-0.2, 0) is 0 Å². The number of ether oxygens (including phenoxy) is 3. The summed E-state index contributed by atoms with van der Waals surface area (Å²) in [5.74, 6) is 0.680. The zero-order valence-corrected chi connectivity index (χ0v) is 20.1. The standard InChI is InChI=1S/C26H23BrN2O5/c1-3-15-33-23-10-5-18(6-11-23)25(30)29-28-17-20-16-21(27)9-14-24(20)34-26(31)19-7-12-22(13-8-19)32-4-2/h3,5-14,16-17H,1,4,15H2,2H3,(H,29,30)/b28-17-. The largest absolute Gasteiger partial charge is 0.494 e. The topological polar surface area (TPSA) is 86.2 Å². The van der Waals surface area contributed by atoms with E-state index in [0.717, 1.165) is 4.47 Å². The van der Waals surface area contributed by atoms with Gasteiger partial charge in [0.25, 0.3) is 5.91 Å². The van der Waals surface area contributed by atoms with Gasteiger partial charge in [0.2, 0.25) is 0 Å². The van der Waals surface area contributed by atoms with Crippen LogP contribution in [0, 0.1) is 0 Å². The number of hydrazone groups is 1. The molecular weight excluding hydrogens is 500 g/mol. The van der Waals surface area contributed by atoms with E-state index in [0.29, 0.717) is 47.2 Å². The highest BCUT2D eigenvalue weighted by atomic mass is 79.9. The summed E-state index contributed by atoms with van der Waals surface area (Å²) in [7, 11) is 0. The molecule has 8 heteroatoms. The molecular formula is C26H23BrN2O5. The lowest BCUT2D eigenvalue weighted by Gasteiger charge is -2.09. The van der Waals surface area contributed by atoms with Crippen LogP contribution in [0.4, 0.5) is 0 Å². The lowest BCUT2D eigenvalue weighted by molar-refractivity contribution is 0.0734. The second kappa shape index (κ2) is 12.4. The first-order chi connectivity index (χ1) is 16.5. The molecule has 0 aliphatic heterocycles. The van der Waals surface area contributed by atoms with Crippen molar-refractivity contribution < 1.29 is 23.8 Å². The minimum atomic E-state index is -0.525. The number of hydrogen-bond acceptors (Lipinski definition) is 6. The van der Waals surface area contributed by atoms with Gasteiger partial charge >= 0.3 is 5.97 Å². The van der Waals surface area contributed by atoms with Gasteiger partial charge < -0.3 is 14.2 Å². The molecule has 0 spiro atoms. The van der Waals surface area contributed by atoms with Crippen LogP contribution in [0.1, 0.15) is 33.2 Å². The first kappa shape index (κ1) is 24.7. The molecule has 174 valence electrons. The SMILES string of the molecule is C=CCOc1ccc(C(=O)N/N=C\c2cc(Br)ccc2OC(=O)c2ccc(OCC)cc2)cc1. The fourth-order valence-electron chi connectivity index (χ4n) is 2.81. The van der Waals surface area contributed by atoms with Crippen molar-refractivity contribution in [2.75, 3.05) is 13.2 Å². The first-order valence-corrected chi connectivity index (χ1v) is 11.2.